The molecular formula is C21H21N3O6S. The van der Waals surface area contributed by atoms with Crippen LogP contribution in [0.15, 0.2) is 41.4 Å². The molecule has 0 aliphatic carbocycles. The standard InChI is InChI=1S/C21H21N3O6S/c1-12(25)22-14-5-6-17-18(9-14)31-21(24(17)11-19(26)30-4)23-20(27)13-7-15(28-2)10-16(8-13)29-3/h5-10H,11H2,1-4H3,(H,22,25). The van der Waals surface area contributed by atoms with E-state index < -0.39 is 11.9 Å². The fourth-order valence-electron chi connectivity index (χ4n) is 2.87. The number of rotatable bonds is 6. The molecule has 2 aromatic carbocycles. The second-order valence-corrected chi connectivity index (χ2v) is 7.44. The van der Waals surface area contributed by atoms with Crippen LogP contribution in [-0.2, 0) is 20.9 Å². The molecule has 1 aromatic heterocycles. The lowest BCUT2D eigenvalue weighted by Gasteiger charge is -2.06. The van der Waals surface area contributed by atoms with Gasteiger partial charge in [-0.15, -0.1) is 0 Å². The van der Waals surface area contributed by atoms with Gasteiger partial charge in [0.1, 0.15) is 18.0 Å². The average molecular weight is 443 g/mol. The van der Waals surface area contributed by atoms with Crippen molar-refractivity contribution in [1.82, 2.24) is 4.57 Å². The van der Waals surface area contributed by atoms with Crippen molar-refractivity contribution in [2.24, 2.45) is 4.99 Å². The van der Waals surface area contributed by atoms with E-state index in [2.05, 4.69) is 10.3 Å². The highest BCUT2D eigenvalue weighted by molar-refractivity contribution is 7.16. The number of carbonyl (C=O) groups excluding carboxylic acids is 3. The van der Waals surface area contributed by atoms with Crippen molar-refractivity contribution < 1.29 is 28.6 Å². The Hall–Kier alpha value is -3.66. The number of aromatic nitrogens is 1. The summed E-state index contributed by atoms with van der Waals surface area (Å²) in [6, 6.07) is 9.98. The van der Waals surface area contributed by atoms with Crippen LogP contribution in [0.4, 0.5) is 5.69 Å². The van der Waals surface area contributed by atoms with Gasteiger partial charge in [-0.1, -0.05) is 11.3 Å². The first-order valence-corrected chi connectivity index (χ1v) is 9.96. The van der Waals surface area contributed by atoms with E-state index in [9.17, 15) is 14.4 Å². The Morgan fingerprint density at radius 2 is 1.71 bits per heavy atom. The van der Waals surface area contributed by atoms with Gasteiger partial charge in [-0.25, -0.2) is 0 Å². The molecule has 162 valence electrons. The first-order valence-electron chi connectivity index (χ1n) is 9.14. The first-order chi connectivity index (χ1) is 14.8. The Balaban J connectivity index is 2.13. The number of hydrogen-bond donors (Lipinski definition) is 1. The zero-order valence-electron chi connectivity index (χ0n) is 17.4. The summed E-state index contributed by atoms with van der Waals surface area (Å²) in [5.74, 6) is -0.300. The number of nitrogens with one attached hydrogen (secondary N) is 1. The number of methoxy groups -OCH3 is 3. The van der Waals surface area contributed by atoms with Crippen molar-refractivity contribution in [3.63, 3.8) is 0 Å². The van der Waals surface area contributed by atoms with Gasteiger partial charge in [0.2, 0.25) is 5.91 Å². The monoisotopic (exact) mass is 443 g/mol. The fourth-order valence-corrected chi connectivity index (χ4v) is 3.94. The molecule has 0 aliphatic rings. The van der Waals surface area contributed by atoms with E-state index in [4.69, 9.17) is 14.2 Å². The van der Waals surface area contributed by atoms with Crippen LogP contribution in [0, 0.1) is 0 Å². The SMILES string of the molecule is COC(=O)Cn1c(=NC(=O)c2cc(OC)cc(OC)c2)sc2cc(NC(C)=O)ccc21. The van der Waals surface area contributed by atoms with Gasteiger partial charge in [0.25, 0.3) is 5.91 Å². The molecule has 31 heavy (non-hydrogen) atoms. The van der Waals surface area contributed by atoms with Gasteiger partial charge >= 0.3 is 5.97 Å². The molecule has 0 saturated heterocycles. The predicted molar refractivity (Wildman–Crippen MR) is 116 cm³/mol. The van der Waals surface area contributed by atoms with Crippen LogP contribution < -0.4 is 19.6 Å². The molecule has 9 nitrogen and oxygen atoms in total. The summed E-state index contributed by atoms with van der Waals surface area (Å²) in [5.41, 5.74) is 1.55. The second kappa shape index (κ2) is 9.43. The van der Waals surface area contributed by atoms with E-state index in [1.54, 1.807) is 41.0 Å². The number of fused-ring (bicyclic) bond motifs is 1. The number of amides is 2. The summed E-state index contributed by atoms with van der Waals surface area (Å²) >= 11 is 1.21. The van der Waals surface area contributed by atoms with Crippen molar-refractivity contribution in [2.45, 2.75) is 13.5 Å². The Morgan fingerprint density at radius 3 is 2.29 bits per heavy atom. The topological polar surface area (TPSA) is 108 Å². The molecule has 3 rings (SSSR count). The minimum absolute atomic E-state index is 0.121. The molecule has 0 bridgehead atoms. The van der Waals surface area contributed by atoms with E-state index in [-0.39, 0.29) is 18.0 Å². The Kier molecular flexibility index (Phi) is 6.71. The summed E-state index contributed by atoms with van der Waals surface area (Å²) in [6.07, 6.45) is 0. The van der Waals surface area contributed by atoms with Gasteiger partial charge in [0.15, 0.2) is 4.80 Å². The molecule has 0 radical (unpaired) electrons. The average Bonchev–Trinajstić information content (AvgIpc) is 3.08. The van der Waals surface area contributed by atoms with Gasteiger partial charge in [-0.3, -0.25) is 14.4 Å². The normalized spacial score (nSPS) is 11.3. The van der Waals surface area contributed by atoms with Crippen LogP contribution in [0.2, 0.25) is 0 Å². The summed E-state index contributed by atoms with van der Waals surface area (Å²) < 4.78 is 17.5. The van der Waals surface area contributed by atoms with E-state index in [1.807, 2.05) is 0 Å². The summed E-state index contributed by atoms with van der Waals surface area (Å²) in [4.78, 5) is 40.7. The van der Waals surface area contributed by atoms with Crippen LogP contribution in [0.25, 0.3) is 10.2 Å². The number of esters is 1. The minimum atomic E-state index is -0.524. The molecule has 0 aliphatic heterocycles. The van der Waals surface area contributed by atoms with Crippen molar-refractivity contribution >= 4 is 45.0 Å². The van der Waals surface area contributed by atoms with Crippen LogP contribution in [0.3, 0.4) is 0 Å². The summed E-state index contributed by atoms with van der Waals surface area (Å²) in [6.45, 7) is 1.29. The maximum absolute atomic E-state index is 12.9. The Morgan fingerprint density at radius 1 is 1.03 bits per heavy atom. The molecule has 1 heterocycles. The third-order valence-corrected chi connectivity index (χ3v) is 5.35. The van der Waals surface area contributed by atoms with Crippen LogP contribution in [0.1, 0.15) is 17.3 Å². The van der Waals surface area contributed by atoms with E-state index in [0.717, 1.165) is 4.70 Å². The van der Waals surface area contributed by atoms with Gasteiger partial charge < -0.3 is 24.1 Å². The molecule has 0 unspecified atom stereocenters. The lowest BCUT2D eigenvalue weighted by atomic mass is 10.2. The first kappa shape index (κ1) is 22.0. The zero-order chi connectivity index (χ0) is 22.5. The fraction of sp³-hybridized carbons (Fsp3) is 0.238. The highest BCUT2D eigenvalue weighted by Crippen LogP contribution is 2.24. The number of thiazole rings is 1. The molecule has 2 amide bonds. The van der Waals surface area contributed by atoms with Crippen molar-refractivity contribution in [3.05, 3.63) is 46.8 Å². The largest absolute Gasteiger partial charge is 0.497 e. The van der Waals surface area contributed by atoms with Crippen LogP contribution >= 0.6 is 11.3 Å². The summed E-state index contributed by atoms with van der Waals surface area (Å²) in [7, 11) is 4.27. The minimum Gasteiger partial charge on any atom is -0.497 e. The van der Waals surface area contributed by atoms with Crippen molar-refractivity contribution in [3.8, 4) is 11.5 Å². The Labute approximate surface area is 181 Å². The number of anilines is 1. The number of nitrogens with zero attached hydrogens (tertiary/aromatic N) is 2. The number of ether oxygens (including phenoxy) is 3. The molecular weight excluding hydrogens is 422 g/mol. The van der Waals surface area contributed by atoms with Gasteiger partial charge in [-0.2, -0.15) is 4.99 Å². The van der Waals surface area contributed by atoms with Gasteiger partial charge in [-0.05, 0) is 30.3 Å². The number of carbonyl (C=O) groups is 3. The maximum atomic E-state index is 12.9. The van der Waals surface area contributed by atoms with Crippen molar-refractivity contribution in [2.75, 3.05) is 26.6 Å². The second-order valence-electron chi connectivity index (χ2n) is 6.43. The molecule has 3 aromatic rings. The van der Waals surface area contributed by atoms with Crippen LogP contribution in [0.5, 0.6) is 11.5 Å². The van der Waals surface area contributed by atoms with E-state index >= 15 is 0 Å². The highest BCUT2D eigenvalue weighted by atomic mass is 32.1. The maximum Gasteiger partial charge on any atom is 0.325 e. The van der Waals surface area contributed by atoms with E-state index in [0.29, 0.717) is 27.5 Å². The zero-order valence-corrected chi connectivity index (χ0v) is 18.2. The molecule has 0 saturated carbocycles. The predicted octanol–water partition coefficient (Wildman–Crippen LogP) is 2.59. The molecule has 0 spiro atoms. The van der Waals surface area contributed by atoms with Gasteiger partial charge in [0, 0.05) is 24.2 Å². The molecule has 1 N–H and O–H groups in total. The number of hydrogen-bond acceptors (Lipinski definition) is 7. The lowest BCUT2D eigenvalue weighted by molar-refractivity contribution is -0.141. The highest BCUT2D eigenvalue weighted by Gasteiger charge is 2.14. The van der Waals surface area contributed by atoms with Gasteiger partial charge in [0.05, 0.1) is 31.5 Å². The molecule has 10 heteroatoms. The lowest BCUT2D eigenvalue weighted by Crippen LogP contribution is -2.22. The van der Waals surface area contributed by atoms with Crippen LogP contribution in [-0.4, -0.2) is 43.7 Å². The van der Waals surface area contributed by atoms with Crippen molar-refractivity contribution in [1.29, 1.82) is 0 Å². The third kappa shape index (κ3) is 5.10. The van der Waals surface area contributed by atoms with E-state index in [1.165, 1.54) is 39.6 Å². The molecule has 0 atom stereocenters. The Bertz CT molecular complexity index is 1210. The quantitative estimate of drug-likeness (QED) is 0.587. The smallest absolute Gasteiger partial charge is 0.325 e. The molecule has 0 fully saturated rings. The summed E-state index contributed by atoms with van der Waals surface area (Å²) in [5, 5.41) is 2.71. The third-order valence-electron chi connectivity index (χ3n) is 4.31. The number of benzene rings is 2.